The maximum absolute atomic E-state index is 12.5. The van der Waals surface area contributed by atoms with Gasteiger partial charge >= 0.3 is 0 Å². The number of nitrogens with one attached hydrogen (secondary N) is 1. The van der Waals surface area contributed by atoms with Crippen LogP contribution in [0.25, 0.3) is 0 Å². The first kappa shape index (κ1) is 18.7. The zero-order valence-electron chi connectivity index (χ0n) is 16.3. The second kappa shape index (κ2) is 8.59. The predicted molar refractivity (Wildman–Crippen MR) is 104 cm³/mol. The van der Waals surface area contributed by atoms with E-state index in [-0.39, 0.29) is 18.0 Å². The van der Waals surface area contributed by atoms with Crippen molar-refractivity contribution in [2.75, 3.05) is 52.5 Å². The lowest BCUT2D eigenvalue weighted by Crippen LogP contribution is -2.42. The highest BCUT2D eigenvalue weighted by Crippen LogP contribution is 2.33. The maximum Gasteiger partial charge on any atom is 0.224 e. The summed E-state index contributed by atoms with van der Waals surface area (Å²) >= 11 is 0. The molecule has 1 N–H and O–H groups in total. The van der Waals surface area contributed by atoms with Gasteiger partial charge in [0.25, 0.3) is 0 Å². The summed E-state index contributed by atoms with van der Waals surface area (Å²) in [5.74, 6) is 1.26. The second-order valence-corrected chi connectivity index (χ2v) is 7.95. The van der Waals surface area contributed by atoms with Crippen LogP contribution in [0.1, 0.15) is 36.4 Å². The summed E-state index contributed by atoms with van der Waals surface area (Å²) in [6.45, 7) is 9.02. The van der Waals surface area contributed by atoms with Gasteiger partial charge in [0.05, 0.1) is 19.8 Å². The van der Waals surface area contributed by atoms with Crippen LogP contribution in [-0.4, -0.2) is 74.3 Å². The van der Waals surface area contributed by atoms with E-state index >= 15 is 0 Å². The van der Waals surface area contributed by atoms with Gasteiger partial charge in [0.2, 0.25) is 5.91 Å². The van der Waals surface area contributed by atoms with Gasteiger partial charge in [0.1, 0.15) is 5.75 Å². The Morgan fingerprint density at radius 1 is 1.19 bits per heavy atom. The summed E-state index contributed by atoms with van der Waals surface area (Å²) in [5.41, 5.74) is 2.49. The highest BCUT2D eigenvalue weighted by Gasteiger charge is 2.32. The van der Waals surface area contributed by atoms with Crippen molar-refractivity contribution in [3.8, 4) is 5.75 Å². The fraction of sp³-hybridized carbons (Fsp3) is 0.667. The molecule has 0 saturated carbocycles. The summed E-state index contributed by atoms with van der Waals surface area (Å²) in [7, 11) is 0. The Labute approximate surface area is 161 Å². The quantitative estimate of drug-likeness (QED) is 0.852. The number of hydrogen-bond donors (Lipinski definition) is 1. The van der Waals surface area contributed by atoms with Crippen LogP contribution in [0, 0.1) is 6.92 Å². The van der Waals surface area contributed by atoms with Gasteiger partial charge in [-0.3, -0.25) is 9.69 Å². The molecular weight excluding hydrogens is 342 g/mol. The number of morpholine rings is 1. The van der Waals surface area contributed by atoms with Crippen LogP contribution in [0.5, 0.6) is 5.75 Å². The minimum absolute atomic E-state index is 0.221. The Bertz CT molecular complexity index is 660. The van der Waals surface area contributed by atoms with Gasteiger partial charge < -0.3 is 19.7 Å². The molecule has 0 bridgehead atoms. The Balaban J connectivity index is 1.35. The van der Waals surface area contributed by atoms with Crippen molar-refractivity contribution >= 4 is 5.91 Å². The van der Waals surface area contributed by atoms with Gasteiger partial charge in [0, 0.05) is 56.8 Å². The highest BCUT2D eigenvalue weighted by atomic mass is 16.5. The molecule has 0 aliphatic carbocycles. The van der Waals surface area contributed by atoms with E-state index < -0.39 is 0 Å². The molecule has 2 unspecified atom stereocenters. The van der Waals surface area contributed by atoms with Crippen LogP contribution in [0.3, 0.4) is 0 Å². The van der Waals surface area contributed by atoms with Gasteiger partial charge in [-0.2, -0.15) is 0 Å². The largest absolute Gasteiger partial charge is 0.493 e. The molecule has 0 radical (unpaired) electrons. The van der Waals surface area contributed by atoms with E-state index in [2.05, 4.69) is 35.3 Å². The minimum atomic E-state index is 0.221. The van der Waals surface area contributed by atoms with E-state index in [1.807, 2.05) is 4.90 Å². The van der Waals surface area contributed by atoms with E-state index in [4.69, 9.17) is 9.47 Å². The minimum Gasteiger partial charge on any atom is -0.493 e. The molecule has 1 amide bonds. The van der Waals surface area contributed by atoms with Crippen molar-refractivity contribution < 1.29 is 14.3 Å². The number of ether oxygens (including phenoxy) is 2. The molecule has 6 heteroatoms. The second-order valence-electron chi connectivity index (χ2n) is 7.95. The Hall–Kier alpha value is -1.63. The normalized spacial score (nSPS) is 26.6. The number of carbonyl (C=O) groups is 1. The van der Waals surface area contributed by atoms with E-state index in [1.165, 1.54) is 11.1 Å². The number of amides is 1. The molecule has 27 heavy (non-hydrogen) atoms. The molecule has 0 aromatic heterocycles. The van der Waals surface area contributed by atoms with Gasteiger partial charge in [-0.15, -0.1) is 0 Å². The maximum atomic E-state index is 12.5. The number of benzene rings is 1. The zero-order chi connectivity index (χ0) is 18.6. The number of carbonyl (C=O) groups excluding carboxylic acids is 1. The third-order valence-corrected chi connectivity index (χ3v) is 5.88. The first-order valence-corrected chi connectivity index (χ1v) is 10.3. The molecule has 4 rings (SSSR count). The average Bonchev–Trinajstić information content (AvgIpc) is 2.91. The van der Waals surface area contributed by atoms with Crippen LogP contribution in [-0.2, 0) is 9.53 Å². The lowest BCUT2D eigenvalue weighted by molar-refractivity contribution is -0.128. The molecule has 3 aliphatic heterocycles. The third-order valence-electron chi connectivity index (χ3n) is 5.88. The Morgan fingerprint density at radius 2 is 2.04 bits per heavy atom. The first-order valence-electron chi connectivity index (χ1n) is 10.3. The number of fused-ring (bicyclic) bond motifs is 1. The lowest BCUT2D eigenvalue weighted by Gasteiger charge is -2.29. The summed E-state index contributed by atoms with van der Waals surface area (Å²) in [6, 6.07) is 6.90. The Kier molecular flexibility index (Phi) is 5.95. The fourth-order valence-electron chi connectivity index (χ4n) is 4.34. The number of nitrogens with zero attached hydrogens (tertiary/aromatic N) is 2. The van der Waals surface area contributed by atoms with Crippen molar-refractivity contribution in [1.82, 2.24) is 15.1 Å². The van der Waals surface area contributed by atoms with Crippen molar-refractivity contribution in [1.29, 1.82) is 0 Å². The average molecular weight is 373 g/mol. The highest BCUT2D eigenvalue weighted by molar-refractivity contribution is 5.79. The summed E-state index contributed by atoms with van der Waals surface area (Å²) in [4.78, 5) is 16.9. The topological polar surface area (TPSA) is 54.0 Å². The number of hydrogen-bond acceptors (Lipinski definition) is 5. The lowest BCUT2D eigenvalue weighted by atomic mass is 9.99. The van der Waals surface area contributed by atoms with E-state index in [0.717, 1.165) is 71.1 Å². The Morgan fingerprint density at radius 3 is 2.89 bits per heavy atom. The van der Waals surface area contributed by atoms with Crippen molar-refractivity contribution in [2.24, 2.45) is 0 Å². The van der Waals surface area contributed by atoms with Crippen molar-refractivity contribution in [3.63, 3.8) is 0 Å². The molecule has 3 heterocycles. The van der Waals surface area contributed by atoms with E-state index in [1.54, 1.807) is 0 Å². The summed E-state index contributed by atoms with van der Waals surface area (Å²) in [5, 5.41) is 3.76. The molecule has 2 saturated heterocycles. The molecule has 1 aromatic carbocycles. The van der Waals surface area contributed by atoms with Crippen molar-refractivity contribution in [2.45, 2.75) is 38.3 Å². The van der Waals surface area contributed by atoms with Gasteiger partial charge in [-0.25, -0.2) is 0 Å². The van der Waals surface area contributed by atoms with Crippen LogP contribution < -0.4 is 10.1 Å². The van der Waals surface area contributed by atoms with Crippen LogP contribution in [0.2, 0.25) is 0 Å². The standard InChI is InChI=1S/C21H31N3O3/c1-16-4-5-20-18(13-16)19(3-2-10-27-20)22-17-14-21(25)24(15-17)7-6-23-8-11-26-12-9-23/h4-5,13,17,19,22H,2-3,6-12,14-15H2,1H3. The molecule has 148 valence electrons. The molecular formula is C21H31N3O3. The third kappa shape index (κ3) is 4.62. The van der Waals surface area contributed by atoms with Gasteiger partial charge in [-0.1, -0.05) is 17.7 Å². The molecule has 0 spiro atoms. The van der Waals surface area contributed by atoms with Crippen LogP contribution in [0.15, 0.2) is 18.2 Å². The number of rotatable bonds is 5. The SMILES string of the molecule is Cc1ccc2c(c1)C(NC1CC(=O)N(CCN3CCOCC3)C1)CCCO2. The first-order chi connectivity index (χ1) is 13.2. The predicted octanol–water partition coefficient (Wildman–Crippen LogP) is 1.73. The van der Waals surface area contributed by atoms with E-state index in [0.29, 0.717) is 6.42 Å². The molecule has 3 aliphatic rings. The van der Waals surface area contributed by atoms with Gasteiger partial charge in [0.15, 0.2) is 0 Å². The fourth-order valence-corrected chi connectivity index (χ4v) is 4.34. The van der Waals surface area contributed by atoms with Crippen LogP contribution >= 0.6 is 0 Å². The smallest absolute Gasteiger partial charge is 0.224 e. The van der Waals surface area contributed by atoms with Gasteiger partial charge in [-0.05, 0) is 25.8 Å². The van der Waals surface area contributed by atoms with Crippen LogP contribution in [0.4, 0.5) is 0 Å². The molecule has 2 fully saturated rings. The monoisotopic (exact) mass is 373 g/mol. The zero-order valence-corrected chi connectivity index (χ0v) is 16.3. The number of aryl methyl sites for hydroxylation is 1. The van der Waals surface area contributed by atoms with Crippen molar-refractivity contribution in [3.05, 3.63) is 29.3 Å². The number of likely N-dealkylation sites (tertiary alicyclic amines) is 1. The van der Waals surface area contributed by atoms with E-state index in [9.17, 15) is 4.79 Å². The summed E-state index contributed by atoms with van der Waals surface area (Å²) in [6.07, 6.45) is 2.68. The summed E-state index contributed by atoms with van der Waals surface area (Å²) < 4.78 is 11.3. The molecule has 2 atom stereocenters. The molecule has 1 aromatic rings. The molecule has 6 nitrogen and oxygen atoms in total.